The Hall–Kier alpha value is -0.780. The summed E-state index contributed by atoms with van der Waals surface area (Å²) in [6.45, 7) is 8.82. The molecule has 0 amide bonds. The zero-order chi connectivity index (χ0) is 8.48. The summed E-state index contributed by atoms with van der Waals surface area (Å²) in [4.78, 5) is 0. The topological polar surface area (TPSA) is 0 Å². The molecule has 0 aliphatic heterocycles. The molecule has 0 bridgehead atoms. The summed E-state index contributed by atoms with van der Waals surface area (Å²) in [5.41, 5.74) is 3.04. The molecule has 0 aromatic heterocycles. The summed E-state index contributed by atoms with van der Waals surface area (Å²) in [5.74, 6) is 0. The SMILES string of the molecule is CC1=CC=CC1=CC(C)(C)C. The van der Waals surface area contributed by atoms with Crippen molar-refractivity contribution in [1.82, 2.24) is 0 Å². The van der Waals surface area contributed by atoms with E-state index in [2.05, 4.69) is 52.0 Å². The van der Waals surface area contributed by atoms with Gasteiger partial charge in [-0.1, -0.05) is 45.1 Å². The summed E-state index contributed by atoms with van der Waals surface area (Å²) in [6, 6.07) is 0. The van der Waals surface area contributed by atoms with Gasteiger partial charge < -0.3 is 0 Å². The molecule has 1 rings (SSSR count). The zero-order valence-corrected chi connectivity index (χ0v) is 7.81. The van der Waals surface area contributed by atoms with E-state index in [4.69, 9.17) is 0 Å². The molecular formula is C11H16. The lowest BCUT2D eigenvalue weighted by Gasteiger charge is -2.13. The fourth-order valence-electron chi connectivity index (χ4n) is 1.15. The van der Waals surface area contributed by atoms with Crippen LogP contribution in [0.1, 0.15) is 27.7 Å². The second-order valence-corrected chi connectivity index (χ2v) is 4.17. The van der Waals surface area contributed by atoms with E-state index < -0.39 is 0 Å². The van der Waals surface area contributed by atoms with E-state index in [1.54, 1.807) is 0 Å². The molecule has 11 heavy (non-hydrogen) atoms. The number of allylic oxidation sites excluding steroid dienone is 6. The van der Waals surface area contributed by atoms with Crippen molar-refractivity contribution in [2.75, 3.05) is 0 Å². The summed E-state index contributed by atoms with van der Waals surface area (Å²) in [7, 11) is 0. The number of hydrogen-bond donors (Lipinski definition) is 0. The van der Waals surface area contributed by atoms with Gasteiger partial charge in [-0.2, -0.15) is 0 Å². The molecule has 1 aliphatic rings. The van der Waals surface area contributed by atoms with Crippen molar-refractivity contribution in [3.63, 3.8) is 0 Å². The Kier molecular flexibility index (Phi) is 2.03. The van der Waals surface area contributed by atoms with Gasteiger partial charge in [0.25, 0.3) is 0 Å². The normalized spacial score (nSPS) is 21.1. The minimum absolute atomic E-state index is 0.291. The van der Waals surface area contributed by atoms with E-state index in [1.165, 1.54) is 11.1 Å². The Balaban J connectivity index is 2.84. The zero-order valence-electron chi connectivity index (χ0n) is 7.81. The van der Waals surface area contributed by atoms with Gasteiger partial charge in [0, 0.05) is 0 Å². The van der Waals surface area contributed by atoms with Gasteiger partial charge in [0.2, 0.25) is 0 Å². The van der Waals surface area contributed by atoms with Crippen LogP contribution in [0.4, 0.5) is 0 Å². The van der Waals surface area contributed by atoms with Crippen LogP contribution in [0.15, 0.2) is 35.5 Å². The molecular weight excluding hydrogens is 132 g/mol. The molecule has 0 saturated carbocycles. The van der Waals surface area contributed by atoms with Crippen molar-refractivity contribution >= 4 is 0 Å². The Bertz CT molecular complexity index is 231. The van der Waals surface area contributed by atoms with Crippen molar-refractivity contribution in [3.8, 4) is 0 Å². The van der Waals surface area contributed by atoms with Gasteiger partial charge in [0.05, 0.1) is 0 Å². The van der Waals surface area contributed by atoms with Crippen molar-refractivity contribution < 1.29 is 0 Å². The molecule has 0 aromatic carbocycles. The van der Waals surface area contributed by atoms with Gasteiger partial charge in [-0.15, -0.1) is 0 Å². The predicted octanol–water partition coefficient (Wildman–Crippen LogP) is 3.48. The Morgan fingerprint density at radius 2 is 1.91 bits per heavy atom. The quantitative estimate of drug-likeness (QED) is 0.493. The van der Waals surface area contributed by atoms with Gasteiger partial charge >= 0.3 is 0 Å². The van der Waals surface area contributed by atoms with Crippen LogP contribution in [0.5, 0.6) is 0 Å². The van der Waals surface area contributed by atoms with Gasteiger partial charge in [0.1, 0.15) is 0 Å². The number of rotatable bonds is 0. The van der Waals surface area contributed by atoms with Gasteiger partial charge in [-0.3, -0.25) is 0 Å². The van der Waals surface area contributed by atoms with Crippen LogP contribution >= 0.6 is 0 Å². The van der Waals surface area contributed by atoms with Gasteiger partial charge in [0.15, 0.2) is 0 Å². The third-order valence-corrected chi connectivity index (χ3v) is 1.67. The predicted molar refractivity (Wildman–Crippen MR) is 50.4 cm³/mol. The van der Waals surface area contributed by atoms with Crippen LogP contribution in [0, 0.1) is 5.41 Å². The molecule has 0 fully saturated rings. The average Bonchev–Trinajstić information content (AvgIpc) is 2.12. The molecule has 60 valence electrons. The van der Waals surface area contributed by atoms with Crippen LogP contribution in [0.3, 0.4) is 0 Å². The first kappa shape index (κ1) is 8.32. The summed E-state index contributed by atoms with van der Waals surface area (Å²) in [6.07, 6.45) is 8.73. The molecule has 0 unspecified atom stereocenters. The molecule has 0 heteroatoms. The Labute approximate surface area is 69.3 Å². The monoisotopic (exact) mass is 148 g/mol. The minimum Gasteiger partial charge on any atom is -0.0716 e. The molecule has 0 atom stereocenters. The van der Waals surface area contributed by atoms with Crippen LogP contribution in [-0.4, -0.2) is 0 Å². The third-order valence-electron chi connectivity index (χ3n) is 1.67. The minimum atomic E-state index is 0.291. The van der Waals surface area contributed by atoms with Crippen LogP contribution in [0.2, 0.25) is 0 Å². The molecule has 0 heterocycles. The number of hydrogen-bond acceptors (Lipinski definition) is 0. The Morgan fingerprint density at radius 1 is 1.27 bits per heavy atom. The molecule has 0 nitrogen and oxygen atoms in total. The standard InChI is InChI=1S/C11H16/c1-9-6-5-7-10(9)8-11(2,3)4/h5-8H,1-4H3. The first-order chi connectivity index (χ1) is 4.99. The third kappa shape index (κ3) is 2.38. The lowest BCUT2D eigenvalue weighted by atomic mass is 9.92. The first-order valence-corrected chi connectivity index (χ1v) is 4.07. The highest BCUT2D eigenvalue weighted by Gasteiger charge is 2.09. The maximum Gasteiger partial charge on any atom is -0.0194 e. The second kappa shape index (κ2) is 2.69. The van der Waals surface area contributed by atoms with Crippen molar-refractivity contribution in [2.24, 2.45) is 5.41 Å². The maximum absolute atomic E-state index is 2.31. The molecule has 0 radical (unpaired) electrons. The summed E-state index contributed by atoms with van der Waals surface area (Å²) < 4.78 is 0. The van der Waals surface area contributed by atoms with Crippen LogP contribution < -0.4 is 0 Å². The fraction of sp³-hybridized carbons (Fsp3) is 0.455. The second-order valence-electron chi connectivity index (χ2n) is 4.17. The molecule has 0 saturated heterocycles. The lowest BCUT2D eigenvalue weighted by Crippen LogP contribution is -2.00. The van der Waals surface area contributed by atoms with Gasteiger partial charge in [-0.25, -0.2) is 0 Å². The van der Waals surface area contributed by atoms with E-state index in [9.17, 15) is 0 Å². The van der Waals surface area contributed by atoms with E-state index in [-0.39, 0.29) is 0 Å². The largest absolute Gasteiger partial charge is 0.0716 e. The smallest absolute Gasteiger partial charge is 0.0194 e. The highest BCUT2D eigenvalue weighted by Crippen LogP contribution is 2.24. The summed E-state index contributed by atoms with van der Waals surface area (Å²) in [5, 5.41) is 0. The van der Waals surface area contributed by atoms with Crippen LogP contribution in [0.25, 0.3) is 0 Å². The fourth-order valence-corrected chi connectivity index (χ4v) is 1.15. The average molecular weight is 148 g/mol. The first-order valence-electron chi connectivity index (χ1n) is 4.07. The maximum atomic E-state index is 2.31. The lowest BCUT2D eigenvalue weighted by molar-refractivity contribution is 0.542. The van der Waals surface area contributed by atoms with Crippen molar-refractivity contribution in [3.05, 3.63) is 35.5 Å². The van der Waals surface area contributed by atoms with E-state index in [0.29, 0.717) is 5.41 Å². The van der Waals surface area contributed by atoms with E-state index in [1.807, 2.05) is 0 Å². The molecule has 1 aliphatic carbocycles. The van der Waals surface area contributed by atoms with E-state index in [0.717, 1.165) is 0 Å². The highest BCUT2D eigenvalue weighted by molar-refractivity contribution is 5.47. The highest BCUT2D eigenvalue weighted by atomic mass is 14.1. The molecule has 0 N–H and O–H groups in total. The van der Waals surface area contributed by atoms with E-state index >= 15 is 0 Å². The van der Waals surface area contributed by atoms with Crippen molar-refractivity contribution in [2.45, 2.75) is 27.7 Å². The Morgan fingerprint density at radius 3 is 2.27 bits per heavy atom. The molecule has 0 spiro atoms. The van der Waals surface area contributed by atoms with Gasteiger partial charge in [-0.05, 0) is 23.5 Å². The van der Waals surface area contributed by atoms with Crippen molar-refractivity contribution in [1.29, 1.82) is 0 Å². The summed E-state index contributed by atoms with van der Waals surface area (Å²) >= 11 is 0. The van der Waals surface area contributed by atoms with Crippen LogP contribution in [-0.2, 0) is 0 Å². The molecule has 0 aromatic rings.